The van der Waals surface area contributed by atoms with Gasteiger partial charge in [-0.3, -0.25) is 4.79 Å². The van der Waals surface area contributed by atoms with Gasteiger partial charge in [-0.15, -0.1) is 0 Å². The summed E-state index contributed by atoms with van der Waals surface area (Å²) in [7, 11) is 1.58. The molecule has 7 nitrogen and oxygen atoms in total. The molecular formula is C24H25NO6S. The number of aromatic nitrogens is 1. The number of rotatable bonds is 8. The van der Waals surface area contributed by atoms with Gasteiger partial charge in [-0.2, -0.15) is 0 Å². The van der Waals surface area contributed by atoms with Crippen LogP contribution in [0.2, 0.25) is 0 Å². The van der Waals surface area contributed by atoms with E-state index in [0.717, 1.165) is 11.3 Å². The molecule has 3 rings (SSSR count). The summed E-state index contributed by atoms with van der Waals surface area (Å²) in [5.74, 6) is -0.888. The number of nitrogens with zero attached hydrogens (tertiary/aromatic N) is 1. The summed E-state index contributed by atoms with van der Waals surface area (Å²) >= 11 is -1.93. The largest absolute Gasteiger partial charge is 0.497 e. The van der Waals surface area contributed by atoms with E-state index >= 15 is 0 Å². The Kier molecular flexibility index (Phi) is 7.27. The lowest BCUT2D eigenvalue weighted by Gasteiger charge is -2.13. The van der Waals surface area contributed by atoms with Gasteiger partial charge in [0.1, 0.15) is 5.75 Å². The lowest BCUT2D eigenvalue weighted by Crippen LogP contribution is -2.21. The molecule has 3 aromatic rings. The van der Waals surface area contributed by atoms with E-state index in [0.29, 0.717) is 22.7 Å². The lowest BCUT2D eigenvalue weighted by molar-refractivity contribution is -0.141. The van der Waals surface area contributed by atoms with Crippen LogP contribution in [0.4, 0.5) is 0 Å². The van der Waals surface area contributed by atoms with Gasteiger partial charge in [-0.25, -0.2) is 9.00 Å². The molecule has 0 radical (unpaired) electrons. The van der Waals surface area contributed by atoms with Crippen LogP contribution >= 0.6 is 0 Å². The Morgan fingerprint density at radius 2 is 1.69 bits per heavy atom. The van der Waals surface area contributed by atoms with Crippen LogP contribution in [-0.4, -0.2) is 38.3 Å². The van der Waals surface area contributed by atoms with Crippen LogP contribution in [0, 0.1) is 6.92 Å². The van der Waals surface area contributed by atoms with Gasteiger partial charge in [0.25, 0.3) is 5.78 Å². The highest BCUT2D eigenvalue weighted by atomic mass is 32.2. The SMILES string of the molecule is COc1ccc(-n2c(-c3ccc(CS(=O)O)cc3)cc(C(=O)C(=O)OC(C)C)c2C)cc1. The number of Topliss-reactive ketones (excluding diaryl/α,β-unsaturated/α-hetero) is 1. The Hall–Kier alpha value is -3.23. The third kappa shape index (κ3) is 5.15. The molecule has 32 heavy (non-hydrogen) atoms. The first-order valence-corrected chi connectivity index (χ1v) is 11.3. The first kappa shape index (κ1) is 23.4. The molecule has 0 saturated heterocycles. The molecule has 1 unspecified atom stereocenters. The molecule has 1 N–H and O–H groups in total. The number of carbonyl (C=O) groups is 2. The second kappa shape index (κ2) is 9.93. The van der Waals surface area contributed by atoms with E-state index in [4.69, 9.17) is 14.0 Å². The zero-order chi connectivity index (χ0) is 23.4. The van der Waals surface area contributed by atoms with E-state index in [-0.39, 0.29) is 11.3 Å². The molecule has 0 bridgehead atoms. The van der Waals surface area contributed by atoms with E-state index in [1.54, 1.807) is 46.1 Å². The molecule has 2 aromatic carbocycles. The monoisotopic (exact) mass is 455 g/mol. The fraction of sp³-hybridized carbons (Fsp3) is 0.250. The fourth-order valence-electron chi connectivity index (χ4n) is 3.41. The Morgan fingerprint density at radius 1 is 1.06 bits per heavy atom. The van der Waals surface area contributed by atoms with Gasteiger partial charge in [0.2, 0.25) is 0 Å². The molecule has 0 spiro atoms. The number of methoxy groups -OCH3 is 1. The van der Waals surface area contributed by atoms with Gasteiger partial charge in [0.05, 0.1) is 30.2 Å². The summed E-state index contributed by atoms with van der Waals surface area (Å²) in [5.41, 5.74) is 3.83. The van der Waals surface area contributed by atoms with Crippen LogP contribution < -0.4 is 4.74 Å². The number of carbonyl (C=O) groups excluding carboxylic acids is 2. The van der Waals surface area contributed by atoms with Gasteiger partial charge >= 0.3 is 5.97 Å². The smallest absolute Gasteiger partial charge is 0.379 e. The summed E-state index contributed by atoms with van der Waals surface area (Å²) in [6, 6.07) is 16.2. The van der Waals surface area contributed by atoms with Crippen molar-refractivity contribution in [2.24, 2.45) is 0 Å². The summed E-state index contributed by atoms with van der Waals surface area (Å²) in [6.07, 6.45) is -0.403. The van der Waals surface area contributed by atoms with E-state index in [1.165, 1.54) is 0 Å². The maximum absolute atomic E-state index is 12.8. The maximum atomic E-state index is 12.8. The van der Waals surface area contributed by atoms with Crippen molar-refractivity contribution in [3.8, 4) is 22.7 Å². The van der Waals surface area contributed by atoms with Crippen LogP contribution in [0.25, 0.3) is 16.9 Å². The van der Waals surface area contributed by atoms with E-state index in [2.05, 4.69) is 0 Å². The highest BCUT2D eigenvalue weighted by Gasteiger charge is 2.26. The van der Waals surface area contributed by atoms with Crippen molar-refractivity contribution in [2.75, 3.05) is 7.11 Å². The predicted octanol–water partition coefficient (Wildman–Crippen LogP) is 4.32. The van der Waals surface area contributed by atoms with Crippen molar-refractivity contribution in [1.82, 2.24) is 4.57 Å². The zero-order valence-corrected chi connectivity index (χ0v) is 19.1. The van der Waals surface area contributed by atoms with Crippen LogP contribution in [0.1, 0.15) is 35.5 Å². The molecule has 0 amide bonds. The first-order chi connectivity index (χ1) is 15.2. The molecule has 0 aliphatic heterocycles. The molecule has 1 aromatic heterocycles. The molecule has 0 aliphatic carbocycles. The number of ether oxygens (including phenoxy) is 2. The Labute approximate surface area is 189 Å². The van der Waals surface area contributed by atoms with Crippen LogP contribution in [0.5, 0.6) is 5.75 Å². The Balaban J connectivity index is 2.12. The van der Waals surface area contributed by atoms with Gasteiger partial charge in [-0.1, -0.05) is 24.3 Å². The zero-order valence-electron chi connectivity index (χ0n) is 18.3. The van der Waals surface area contributed by atoms with Crippen molar-refractivity contribution in [1.29, 1.82) is 0 Å². The quantitative estimate of drug-likeness (QED) is 0.235. The average Bonchev–Trinajstić information content (AvgIpc) is 3.10. The number of hydrogen-bond donors (Lipinski definition) is 1. The lowest BCUT2D eigenvalue weighted by atomic mass is 10.1. The summed E-state index contributed by atoms with van der Waals surface area (Å²) in [6.45, 7) is 5.15. The number of benzene rings is 2. The van der Waals surface area contributed by atoms with Crippen molar-refractivity contribution in [3.63, 3.8) is 0 Å². The summed E-state index contributed by atoms with van der Waals surface area (Å²) in [4.78, 5) is 25.1. The van der Waals surface area contributed by atoms with E-state index < -0.39 is 28.9 Å². The minimum Gasteiger partial charge on any atom is -0.497 e. The maximum Gasteiger partial charge on any atom is 0.379 e. The van der Waals surface area contributed by atoms with Gasteiger partial charge in [-0.05, 0) is 62.2 Å². The second-order valence-corrected chi connectivity index (χ2v) is 8.44. The van der Waals surface area contributed by atoms with Crippen LogP contribution in [0.15, 0.2) is 54.6 Å². The molecule has 0 saturated carbocycles. The first-order valence-electron chi connectivity index (χ1n) is 10.00. The van der Waals surface area contributed by atoms with Gasteiger partial charge in [0, 0.05) is 11.4 Å². The van der Waals surface area contributed by atoms with E-state index in [1.807, 2.05) is 41.0 Å². The average molecular weight is 456 g/mol. The number of esters is 1. The number of ketones is 1. The highest BCUT2D eigenvalue weighted by Crippen LogP contribution is 2.31. The molecule has 1 heterocycles. The van der Waals surface area contributed by atoms with Gasteiger partial charge < -0.3 is 18.6 Å². The highest BCUT2D eigenvalue weighted by molar-refractivity contribution is 7.78. The topological polar surface area (TPSA) is 94.8 Å². The molecule has 0 fully saturated rings. The molecule has 1 atom stereocenters. The Bertz CT molecular complexity index is 1150. The minimum atomic E-state index is -1.93. The standard InChI is InChI=1S/C24H25NO6S/c1-15(2)31-24(27)23(26)21-13-22(18-7-5-17(6-8-18)14-32(28)29)25(16(21)3)19-9-11-20(30-4)12-10-19/h5-13,15H,14H2,1-4H3,(H,28,29). The minimum absolute atomic E-state index is 0.0313. The summed E-state index contributed by atoms with van der Waals surface area (Å²) in [5, 5.41) is 0. The third-order valence-corrected chi connectivity index (χ3v) is 5.47. The van der Waals surface area contributed by atoms with E-state index in [9.17, 15) is 13.8 Å². The van der Waals surface area contributed by atoms with Crippen LogP contribution in [-0.2, 0) is 26.4 Å². The van der Waals surface area contributed by atoms with Gasteiger partial charge in [0.15, 0.2) is 11.1 Å². The molecule has 0 aliphatic rings. The normalized spacial score (nSPS) is 11.9. The number of hydrogen-bond acceptors (Lipinski definition) is 5. The van der Waals surface area contributed by atoms with Crippen LogP contribution in [0.3, 0.4) is 0 Å². The van der Waals surface area contributed by atoms with Crippen molar-refractivity contribution in [2.45, 2.75) is 32.6 Å². The Morgan fingerprint density at radius 3 is 2.22 bits per heavy atom. The third-order valence-electron chi connectivity index (χ3n) is 4.89. The summed E-state index contributed by atoms with van der Waals surface area (Å²) < 4.78 is 32.4. The van der Waals surface area contributed by atoms with Crippen molar-refractivity contribution in [3.05, 3.63) is 71.4 Å². The van der Waals surface area contributed by atoms with Crippen molar-refractivity contribution >= 4 is 22.8 Å². The predicted molar refractivity (Wildman–Crippen MR) is 123 cm³/mol. The van der Waals surface area contributed by atoms with Crippen molar-refractivity contribution < 1.29 is 27.8 Å². The molecule has 8 heteroatoms. The fourth-order valence-corrected chi connectivity index (χ4v) is 3.88. The second-order valence-electron chi connectivity index (χ2n) is 7.51. The molecule has 168 valence electrons. The molecular weight excluding hydrogens is 430 g/mol.